The molecule has 0 fully saturated rings. The molecule has 30 heavy (non-hydrogen) atoms. The third-order valence-corrected chi connectivity index (χ3v) is 5.12. The fourth-order valence-electron chi connectivity index (χ4n) is 2.21. The molecule has 0 saturated heterocycles. The van der Waals surface area contributed by atoms with E-state index < -0.39 is 27.0 Å². The summed E-state index contributed by atoms with van der Waals surface area (Å²) in [6.07, 6.45) is -0.852. The van der Waals surface area contributed by atoms with Crippen molar-refractivity contribution in [2.24, 2.45) is 0 Å². The Labute approximate surface area is 172 Å². The number of carbonyl (C=O) groups is 2. The molecule has 2 rings (SSSR count). The van der Waals surface area contributed by atoms with Gasteiger partial charge in [-0.05, 0) is 43.3 Å². The van der Waals surface area contributed by atoms with Crippen LogP contribution in [0, 0.1) is 10.1 Å². The highest BCUT2D eigenvalue weighted by Crippen LogP contribution is 2.15. The van der Waals surface area contributed by atoms with Gasteiger partial charge in [0.25, 0.3) is 11.6 Å². The van der Waals surface area contributed by atoms with Crippen LogP contribution in [0.3, 0.4) is 0 Å². The van der Waals surface area contributed by atoms with Crippen LogP contribution in [0.4, 0.5) is 10.5 Å². The highest BCUT2D eigenvalue weighted by molar-refractivity contribution is 7.89. The first-order valence-electron chi connectivity index (χ1n) is 8.70. The van der Waals surface area contributed by atoms with Gasteiger partial charge in [-0.25, -0.2) is 17.9 Å². The lowest BCUT2D eigenvalue weighted by Gasteiger charge is -2.09. The Hall–Kier alpha value is -3.51. The maximum absolute atomic E-state index is 12.2. The number of hydrogen-bond donors (Lipinski definition) is 2. The molecule has 0 aliphatic heterocycles. The maximum atomic E-state index is 12.2. The number of nitro groups is 1. The van der Waals surface area contributed by atoms with E-state index in [0.717, 1.165) is 24.3 Å². The summed E-state index contributed by atoms with van der Waals surface area (Å²) in [5.74, 6) is -0.243. The number of carbonyl (C=O) groups excluding carboxylic acids is 2. The number of benzene rings is 2. The smallest absolute Gasteiger partial charge is 0.434 e. The fraction of sp³-hybridized carbons (Fsp3) is 0.222. The summed E-state index contributed by atoms with van der Waals surface area (Å²) in [5.41, 5.74) is 0.0596. The predicted molar refractivity (Wildman–Crippen MR) is 105 cm³/mol. The highest BCUT2D eigenvalue weighted by Gasteiger charge is 2.15. The van der Waals surface area contributed by atoms with Crippen LogP contribution in [0.5, 0.6) is 5.75 Å². The normalized spacial score (nSPS) is 10.8. The molecule has 0 saturated carbocycles. The van der Waals surface area contributed by atoms with Crippen LogP contribution in [0.2, 0.25) is 0 Å². The van der Waals surface area contributed by atoms with E-state index in [-0.39, 0.29) is 41.6 Å². The van der Waals surface area contributed by atoms with Gasteiger partial charge in [0.2, 0.25) is 10.0 Å². The SMILES string of the molecule is CCOC(=O)Oc1ccc(C(=O)NCCNS(=O)(=O)c2ccc([N+](=O)[O-])cc2)cc1. The van der Waals surface area contributed by atoms with E-state index in [2.05, 4.69) is 14.8 Å². The molecule has 0 aromatic heterocycles. The molecule has 0 aliphatic rings. The second-order valence-corrected chi connectivity index (χ2v) is 7.48. The monoisotopic (exact) mass is 437 g/mol. The van der Waals surface area contributed by atoms with Gasteiger partial charge >= 0.3 is 6.16 Å². The zero-order valence-electron chi connectivity index (χ0n) is 15.9. The summed E-state index contributed by atoms with van der Waals surface area (Å²) >= 11 is 0. The van der Waals surface area contributed by atoms with Crippen LogP contribution in [0.15, 0.2) is 53.4 Å². The molecule has 11 nitrogen and oxygen atoms in total. The zero-order chi connectivity index (χ0) is 22.1. The van der Waals surface area contributed by atoms with Crippen molar-refractivity contribution in [3.63, 3.8) is 0 Å². The van der Waals surface area contributed by atoms with Crippen LogP contribution in [-0.2, 0) is 14.8 Å². The van der Waals surface area contributed by atoms with E-state index in [1.807, 2.05) is 0 Å². The number of nitro benzene ring substituents is 1. The first-order valence-corrected chi connectivity index (χ1v) is 10.2. The minimum atomic E-state index is -3.87. The average Bonchev–Trinajstić information content (AvgIpc) is 2.72. The molecule has 0 heterocycles. The Morgan fingerprint density at radius 3 is 2.23 bits per heavy atom. The Morgan fingerprint density at radius 1 is 1.03 bits per heavy atom. The van der Waals surface area contributed by atoms with Gasteiger partial charge in [0.05, 0.1) is 16.4 Å². The van der Waals surface area contributed by atoms with Crippen molar-refractivity contribution >= 4 is 27.8 Å². The Kier molecular flexibility index (Phi) is 7.83. The van der Waals surface area contributed by atoms with Crippen LogP contribution in [-0.4, -0.2) is 45.1 Å². The van der Waals surface area contributed by atoms with Gasteiger partial charge in [-0.3, -0.25) is 14.9 Å². The molecular formula is C18H19N3O8S. The second-order valence-electron chi connectivity index (χ2n) is 5.71. The van der Waals surface area contributed by atoms with E-state index in [4.69, 9.17) is 4.74 Å². The molecular weight excluding hydrogens is 418 g/mol. The first-order chi connectivity index (χ1) is 14.2. The van der Waals surface area contributed by atoms with Crippen LogP contribution in [0.1, 0.15) is 17.3 Å². The standard InChI is InChI=1S/C18H19N3O8S/c1-2-28-18(23)29-15-7-3-13(4-8-15)17(22)19-11-12-20-30(26,27)16-9-5-14(6-10-16)21(24)25/h3-10,20H,2,11-12H2,1H3,(H,19,22). The van der Waals surface area contributed by atoms with Gasteiger partial charge in [-0.15, -0.1) is 0 Å². The molecule has 0 spiro atoms. The van der Waals surface area contributed by atoms with Crippen molar-refractivity contribution in [1.29, 1.82) is 0 Å². The lowest BCUT2D eigenvalue weighted by atomic mass is 10.2. The highest BCUT2D eigenvalue weighted by atomic mass is 32.2. The van der Waals surface area contributed by atoms with Crippen LogP contribution >= 0.6 is 0 Å². The van der Waals surface area contributed by atoms with Crippen molar-refractivity contribution in [3.8, 4) is 5.75 Å². The second kappa shape index (κ2) is 10.3. The van der Waals surface area contributed by atoms with Gasteiger partial charge < -0.3 is 14.8 Å². The van der Waals surface area contributed by atoms with E-state index in [1.54, 1.807) is 6.92 Å². The quantitative estimate of drug-likeness (QED) is 0.198. The van der Waals surface area contributed by atoms with Crippen molar-refractivity contribution in [1.82, 2.24) is 10.0 Å². The third kappa shape index (κ3) is 6.53. The molecule has 0 aliphatic carbocycles. The number of hydrogen-bond acceptors (Lipinski definition) is 8. The number of rotatable bonds is 9. The van der Waals surface area contributed by atoms with Gasteiger partial charge in [-0.1, -0.05) is 0 Å². The van der Waals surface area contributed by atoms with Crippen molar-refractivity contribution in [3.05, 3.63) is 64.2 Å². The van der Waals surface area contributed by atoms with E-state index in [9.17, 15) is 28.1 Å². The molecule has 0 bridgehead atoms. The van der Waals surface area contributed by atoms with Gasteiger partial charge in [0.15, 0.2) is 0 Å². The molecule has 160 valence electrons. The van der Waals surface area contributed by atoms with Crippen molar-refractivity contribution < 1.29 is 32.4 Å². The minimum Gasteiger partial charge on any atom is -0.434 e. The van der Waals surface area contributed by atoms with E-state index in [1.165, 1.54) is 24.3 Å². The Balaban J connectivity index is 1.82. The van der Waals surface area contributed by atoms with E-state index >= 15 is 0 Å². The molecule has 0 atom stereocenters. The molecule has 0 unspecified atom stereocenters. The number of ether oxygens (including phenoxy) is 2. The number of nitrogens with zero attached hydrogens (tertiary/aromatic N) is 1. The molecule has 1 amide bonds. The maximum Gasteiger partial charge on any atom is 0.513 e. The molecule has 2 N–H and O–H groups in total. The van der Waals surface area contributed by atoms with Crippen LogP contribution < -0.4 is 14.8 Å². The molecule has 0 radical (unpaired) electrons. The van der Waals surface area contributed by atoms with Crippen LogP contribution in [0.25, 0.3) is 0 Å². The molecule has 12 heteroatoms. The first kappa shape index (κ1) is 22.8. The summed E-state index contributed by atoms with van der Waals surface area (Å²) in [4.78, 5) is 33.2. The number of non-ortho nitro benzene ring substituents is 1. The predicted octanol–water partition coefficient (Wildman–Crippen LogP) is 1.84. The lowest BCUT2D eigenvalue weighted by molar-refractivity contribution is -0.384. The van der Waals surface area contributed by atoms with Gasteiger partial charge in [0.1, 0.15) is 5.75 Å². The summed E-state index contributed by atoms with van der Waals surface area (Å²) in [5, 5.41) is 13.2. The summed E-state index contributed by atoms with van der Waals surface area (Å²) in [7, 11) is -3.87. The summed E-state index contributed by atoms with van der Waals surface area (Å²) < 4.78 is 36.1. The van der Waals surface area contributed by atoms with Crippen molar-refractivity contribution in [2.75, 3.05) is 19.7 Å². The zero-order valence-corrected chi connectivity index (χ0v) is 16.7. The fourth-order valence-corrected chi connectivity index (χ4v) is 3.24. The summed E-state index contributed by atoms with van der Waals surface area (Å²) in [6.45, 7) is 1.73. The summed E-state index contributed by atoms with van der Waals surface area (Å²) in [6, 6.07) is 10.1. The number of sulfonamides is 1. The Morgan fingerprint density at radius 2 is 1.67 bits per heavy atom. The number of nitrogens with one attached hydrogen (secondary N) is 2. The molecule has 2 aromatic carbocycles. The Bertz CT molecular complexity index is 1000. The lowest BCUT2D eigenvalue weighted by Crippen LogP contribution is -2.34. The van der Waals surface area contributed by atoms with Crippen molar-refractivity contribution in [2.45, 2.75) is 11.8 Å². The average molecular weight is 437 g/mol. The molecule has 2 aromatic rings. The van der Waals surface area contributed by atoms with Gasteiger partial charge in [0, 0.05) is 30.8 Å². The van der Waals surface area contributed by atoms with Gasteiger partial charge in [-0.2, -0.15) is 0 Å². The number of amides is 1. The minimum absolute atomic E-state index is 0.00607. The largest absolute Gasteiger partial charge is 0.513 e. The third-order valence-electron chi connectivity index (χ3n) is 3.64. The topological polar surface area (TPSA) is 154 Å². The van der Waals surface area contributed by atoms with E-state index in [0.29, 0.717) is 0 Å².